The molecule has 0 spiro atoms. The summed E-state index contributed by atoms with van der Waals surface area (Å²) in [5.74, 6) is -0.432. The Balaban J connectivity index is 2.42. The normalized spacial score (nSPS) is 24.6. The van der Waals surface area contributed by atoms with Gasteiger partial charge in [0.15, 0.2) is 0 Å². The van der Waals surface area contributed by atoms with Gasteiger partial charge in [-0.2, -0.15) is 0 Å². The van der Waals surface area contributed by atoms with Crippen LogP contribution in [0.4, 0.5) is 0 Å². The molecule has 1 N–H and O–H groups in total. The first kappa shape index (κ1) is 9.21. The van der Waals surface area contributed by atoms with Gasteiger partial charge in [-0.3, -0.25) is 9.52 Å². The molecule has 1 aromatic carbocycles. The number of benzene rings is 1. The summed E-state index contributed by atoms with van der Waals surface area (Å²) >= 11 is 0. The van der Waals surface area contributed by atoms with E-state index < -0.39 is 21.2 Å². The lowest BCUT2D eigenvalue weighted by atomic mass is 10.1. The molecular formula is C9H9NO3S. The molecule has 0 saturated carbocycles. The van der Waals surface area contributed by atoms with Crippen molar-refractivity contribution in [3.05, 3.63) is 35.9 Å². The summed E-state index contributed by atoms with van der Waals surface area (Å²) in [7, 11) is -3.49. The molecule has 1 heterocycles. The smallest absolute Gasteiger partial charge is 0.242 e. The molecule has 0 radical (unpaired) electrons. The standard InChI is InChI=1S/C9H9NO3S/c11-9-6-8(14(12,13)10-9)7-4-2-1-3-5-7/h1-5,8H,6H2,(H,10,11)/t8-/m0/s1. The number of carbonyl (C=O) groups excluding carboxylic acids is 1. The summed E-state index contributed by atoms with van der Waals surface area (Å²) in [5.41, 5.74) is 0.658. The zero-order valence-electron chi connectivity index (χ0n) is 7.30. The van der Waals surface area contributed by atoms with Gasteiger partial charge in [0.05, 0.1) is 6.42 Å². The van der Waals surface area contributed by atoms with Crippen molar-refractivity contribution in [1.82, 2.24) is 4.72 Å². The highest BCUT2D eigenvalue weighted by molar-refractivity contribution is 7.90. The van der Waals surface area contributed by atoms with Crippen LogP contribution >= 0.6 is 0 Å². The number of amides is 1. The molecule has 5 heteroatoms. The van der Waals surface area contributed by atoms with Gasteiger partial charge in [0, 0.05) is 0 Å². The molecule has 1 amide bonds. The summed E-state index contributed by atoms with van der Waals surface area (Å²) in [6.07, 6.45) is 0.0202. The average molecular weight is 211 g/mol. The Morgan fingerprint density at radius 3 is 2.36 bits per heavy atom. The summed E-state index contributed by atoms with van der Waals surface area (Å²) in [4.78, 5) is 11.0. The lowest BCUT2D eigenvalue weighted by Crippen LogP contribution is -2.21. The molecule has 1 aliphatic rings. The van der Waals surface area contributed by atoms with Gasteiger partial charge in [0.2, 0.25) is 15.9 Å². The van der Waals surface area contributed by atoms with Crippen molar-refractivity contribution in [2.45, 2.75) is 11.7 Å². The second-order valence-electron chi connectivity index (χ2n) is 3.17. The van der Waals surface area contributed by atoms with Crippen LogP contribution < -0.4 is 4.72 Å². The van der Waals surface area contributed by atoms with E-state index in [0.717, 1.165) is 0 Å². The zero-order chi connectivity index (χ0) is 10.2. The molecule has 0 unspecified atom stereocenters. The second kappa shape index (κ2) is 3.09. The fourth-order valence-corrected chi connectivity index (χ4v) is 2.94. The summed E-state index contributed by atoms with van der Waals surface area (Å²) in [5, 5.41) is -0.726. The van der Waals surface area contributed by atoms with E-state index in [4.69, 9.17) is 0 Å². The van der Waals surface area contributed by atoms with Crippen LogP contribution in [0.2, 0.25) is 0 Å². The Morgan fingerprint density at radius 1 is 1.21 bits per heavy atom. The molecule has 1 fully saturated rings. The van der Waals surface area contributed by atoms with Crippen LogP contribution in [-0.2, 0) is 14.8 Å². The van der Waals surface area contributed by atoms with Gasteiger partial charge >= 0.3 is 0 Å². The molecule has 2 rings (SSSR count). The van der Waals surface area contributed by atoms with E-state index >= 15 is 0 Å². The van der Waals surface area contributed by atoms with Crippen LogP contribution in [0, 0.1) is 0 Å². The first-order valence-electron chi connectivity index (χ1n) is 4.19. The number of hydrogen-bond donors (Lipinski definition) is 1. The quantitative estimate of drug-likeness (QED) is 0.739. The Labute approximate surface area is 82.0 Å². The van der Waals surface area contributed by atoms with Crippen molar-refractivity contribution < 1.29 is 13.2 Å². The topological polar surface area (TPSA) is 63.2 Å². The van der Waals surface area contributed by atoms with Crippen LogP contribution in [0.5, 0.6) is 0 Å². The van der Waals surface area contributed by atoms with E-state index in [9.17, 15) is 13.2 Å². The van der Waals surface area contributed by atoms with Gasteiger partial charge in [-0.15, -0.1) is 0 Å². The van der Waals surface area contributed by atoms with Gasteiger partial charge < -0.3 is 0 Å². The molecule has 1 atom stereocenters. The maximum atomic E-state index is 11.4. The van der Waals surface area contributed by atoms with Gasteiger partial charge in [0.25, 0.3) is 0 Å². The van der Waals surface area contributed by atoms with Crippen LogP contribution in [-0.4, -0.2) is 14.3 Å². The Morgan fingerprint density at radius 2 is 1.86 bits per heavy atom. The first-order valence-corrected chi connectivity index (χ1v) is 5.73. The van der Waals surface area contributed by atoms with Crippen molar-refractivity contribution in [3.63, 3.8) is 0 Å². The van der Waals surface area contributed by atoms with Crippen LogP contribution in [0.25, 0.3) is 0 Å². The highest BCUT2D eigenvalue weighted by atomic mass is 32.2. The van der Waals surface area contributed by atoms with Crippen molar-refractivity contribution in [2.75, 3.05) is 0 Å². The molecule has 4 nitrogen and oxygen atoms in total. The minimum Gasteiger partial charge on any atom is -0.274 e. The van der Waals surface area contributed by atoms with Gasteiger partial charge in [-0.25, -0.2) is 8.42 Å². The molecule has 74 valence electrons. The molecule has 0 aliphatic carbocycles. The van der Waals surface area contributed by atoms with E-state index in [1.807, 2.05) is 4.72 Å². The van der Waals surface area contributed by atoms with E-state index in [1.54, 1.807) is 30.3 Å². The maximum absolute atomic E-state index is 11.4. The average Bonchev–Trinajstić information content (AvgIpc) is 2.41. The molecule has 0 aromatic heterocycles. The molecule has 14 heavy (non-hydrogen) atoms. The molecule has 1 aliphatic heterocycles. The summed E-state index contributed by atoms with van der Waals surface area (Å²) in [6.45, 7) is 0. The first-order chi connectivity index (χ1) is 6.59. The minimum atomic E-state index is -3.49. The van der Waals surface area contributed by atoms with Crippen molar-refractivity contribution in [2.24, 2.45) is 0 Å². The largest absolute Gasteiger partial charge is 0.274 e. The monoisotopic (exact) mass is 211 g/mol. The lowest BCUT2D eigenvalue weighted by Gasteiger charge is -2.06. The van der Waals surface area contributed by atoms with Crippen LogP contribution in [0.15, 0.2) is 30.3 Å². The third kappa shape index (κ3) is 1.50. The fraction of sp³-hybridized carbons (Fsp3) is 0.222. The zero-order valence-corrected chi connectivity index (χ0v) is 8.12. The van der Waals surface area contributed by atoms with Crippen LogP contribution in [0.1, 0.15) is 17.2 Å². The highest BCUT2D eigenvalue weighted by Crippen LogP contribution is 2.29. The highest BCUT2D eigenvalue weighted by Gasteiger charge is 2.37. The van der Waals surface area contributed by atoms with E-state index in [-0.39, 0.29) is 6.42 Å². The predicted octanol–water partition coefficient (Wildman–Crippen LogP) is 0.577. The number of sulfonamides is 1. The van der Waals surface area contributed by atoms with Gasteiger partial charge in [0.1, 0.15) is 5.25 Å². The number of carbonyl (C=O) groups is 1. The SMILES string of the molecule is O=C1C[C@@H](c2ccccc2)S(=O)(=O)N1. The molecule has 1 aromatic rings. The molecule has 0 bridgehead atoms. The van der Waals surface area contributed by atoms with Crippen molar-refractivity contribution >= 4 is 15.9 Å². The van der Waals surface area contributed by atoms with E-state index in [1.165, 1.54) is 0 Å². The van der Waals surface area contributed by atoms with E-state index in [0.29, 0.717) is 5.56 Å². The number of rotatable bonds is 1. The number of hydrogen-bond acceptors (Lipinski definition) is 3. The third-order valence-corrected chi connectivity index (χ3v) is 3.87. The Bertz CT molecular complexity index is 452. The fourth-order valence-electron chi connectivity index (χ4n) is 1.51. The molecule has 1 saturated heterocycles. The van der Waals surface area contributed by atoms with Crippen LogP contribution in [0.3, 0.4) is 0 Å². The van der Waals surface area contributed by atoms with Crippen molar-refractivity contribution in [3.8, 4) is 0 Å². The minimum absolute atomic E-state index is 0.0202. The summed E-state index contributed by atoms with van der Waals surface area (Å²) in [6, 6.07) is 8.74. The Hall–Kier alpha value is -1.36. The maximum Gasteiger partial charge on any atom is 0.242 e. The van der Waals surface area contributed by atoms with E-state index in [2.05, 4.69) is 0 Å². The lowest BCUT2D eigenvalue weighted by molar-refractivity contribution is -0.118. The second-order valence-corrected chi connectivity index (χ2v) is 5.04. The van der Waals surface area contributed by atoms with Crippen molar-refractivity contribution in [1.29, 1.82) is 0 Å². The predicted molar refractivity (Wildman–Crippen MR) is 50.9 cm³/mol. The molecular weight excluding hydrogens is 202 g/mol. The van der Waals surface area contributed by atoms with Gasteiger partial charge in [-0.1, -0.05) is 30.3 Å². The Kier molecular flexibility index (Phi) is 2.03. The summed E-state index contributed by atoms with van der Waals surface area (Å²) < 4.78 is 24.9. The third-order valence-electron chi connectivity index (χ3n) is 2.17. The number of nitrogens with one attached hydrogen (secondary N) is 1. The van der Waals surface area contributed by atoms with Gasteiger partial charge in [-0.05, 0) is 5.56 Å².